The molecule has 1 spiro atoms. The summed E-state index contributed by atoms with van der Waals surface area (Å²) in [5.41, 5.74) is 1.22. The molecule has 0 N–H and O–H groups in total. The van der Waals surface area contributed by atoms with Crippen molar-refractivity contribution in [2.24, 2.45) is 11.3 Å². The Balaban J connectivity index is 1.44. The van der Waals surface area contributed by atoms with Gasteiger partial charge in [-0.1, -0.05) is 30.3 Å². The maximum Gasteiger partial charge on any atom is 0.410 e. The monoisotopic (exact) mass is 321 g/mol. The van der Waals surface area contributed by atoms with Gasteiger partial charge in [-0.3, -0.25) is 4.79 Å². The van der Waals surface area contributed by atoms with E-state index in [9.17, 15) is 9.59 Å². The number of piperidine rings is 1. The van der Waals surface area contributed by atoms with Crippen LogP contribution in [0.25, 0.3) is 0 Å². The van der Waals surface area contributed by atoms with Crippen LogP contribution in [0.1, 0.15) is 31.2 Å². The zero-order valence-electron chi connectivity index (χ0n) is 12.5. The van der Waals surface area contributed by atoms with Crippen LogP contribution in [-0.4, -0.2) is 29.3 Å². The molecule has 0 unspecified atom stereocenters. The topological polar surface area (TPSA) is 46.6 Å². The minimum atomic E-state index is -0.247. The zero-order valence-corrected chi connectivity index (χ0v) is 13.2. The van der Waals surface area contributed by atoms with E-state index in [1.165, 1.54) is 0 Å². The summed E-state index contributed by atoms with van der Waals surface area (Å²) in [6.45, 7) is 1.72. The Morgan fingerprint density at radius 3 is 2.41 bits per heavy atom. The van der Waals surface area contributed by atoms with Crippen LogP contribution in [-0.2, 0) is 16.1 Å². The van der Waals surface area contributed by atoms with E-state index < -0.39 is 0 Å². The van der Waals surface area contributed by atoms with Gasteiger partial charge in [0.15, 0.2) is 0 Å². The second-order valence-electron chi connectivity index (χ2n) is 6.44. The summed E-state index contributed by atoms with van der Waals surface area (Å²) in [5.74, 6) is 0.0262. The van der Waals surface area contributed by atoms with Gasteiger partial charge in [0.25, 0.3) is 0 Å². The second-order valence-corrected chi connectivity index (χ2v) is 6.81. The average molecular weight is 322 g/mol. The van der Waals surface area contributed by atoms with Gasteiger partial charge in [-0.05, 0) is 48.3 Å². The number of rotatable bonds is 3. The third-order valence-corrected chi connectivity index (χ3v) is 5.28. The summed E-state index contributed by atoms with van der Waals surface area (Å²) in [4.78, 5) is 25.0. The van der Waals surface area contributed by atoms with Gasteiger partial charge in [0.05, 0.1) is 0 Å². The minimum absolute atomic E-state index is 0.0262. The molecule has 118 valence electrons. The number of hydrogen-bond donors (Lipinski definition) is 0. The van der Waals surface area contributed by atoms with E-state index in [0.29, 0.717) is 19.7 Å². The molecule has 2 aliphatic rings. The Kier molecular flexibility index (Phi) is 4.39. The summed E-state index contributed by atoms with van der Waals surface area (Å²) >= 11 is 5.54. The number of carbonyl (C=O) groups is 2. The highest BCUT2D eigenvalue weighted by atomic mass is 35.5. The number of benzene rings is 1. The molecule has 22 heavy (non-hydrogen) atoms. The first-order valence-corrected chi connectivity index (χ1v) is 8.11. The van der Waals surface area contributed by atoms with Crippen LogP contribution < -0.4 is 0 Å². The Hall–Kier alpha value is -1.55. The molecular weight excluding hydrogens is 302 g/mol. The van der Waals surface area contributed by atoms with Crippen LogP contribution in [0.2, 0.25) is 0 Å². The Labute approximate surface area is 135 Å². The van der Waals surface area contributed by atoms with E-state index in [0.717, 1.165) is 31.2 Å². The van der Waals surface area contributed by atoms with Crippen LogP contribution >= 0.6 is 11.6 Å². The molecule has 1 saturated carbocycles. The van der Waals surface area contributed by atoms with Crippen molar-refractivity contribution in [1.82, 2.24) is 4.90 Å². The maximum absolute atomic E-state index is 12.1. The van der Waals surface area contributed by atoms with Crippen LogP contribution in [0, 0.1) is 11.3 Å². The van der Waals surface area contributed by atoms with Crippen molar-refractivity contribution in [1.29, 1.82) is 0 Å². The molecule has 2 fully saturated rings. The van der Waals surface area contributed by atoms with E-state index in [1.807, 2.05) is 30.3 Å². The highest BCUT2D eigenvalue weighted by molar-refractivity contribution is 6.64. The molecule has 0 aromatic heterocycles. The molecule has 3 rings (SSSR count). The van der Waals surface area contributed by atoms with Crippen molar-refractivity contribution in [3.8, 4) is 0 Å². The van der Waals surface area contributed by atoms with Crippen molar-refractivity contribution >= 4 is 22.9 Å². The SMILES string of the molecule is O=C(Cl)C1CC2(CCN(C(=O)OCc3ccccc3)CC2)C1. The second kappa shape index (κ2) is 6.29. The fourth-order valence-electron chi connectivity index (χ4n) is 3.53. The first-order valence-electron chi connectivity index (χ1n) is 7.73. The Morgan fingerprint density at radius 1 is 1.18 bits per heavy atom. The summed E-state index contributed by atoms with van der Waals surface area (Å²) in [6.07, 6.45) is 3.38. The number of carbonyl (C=O) groups excluding carboxylic acids is 2. The first-order chi connectivity index (χ1) is 10.6. The van der Waals surface area contributed by atoms with Crippen molar-refractivity contribution in [3.63, 3.8) is 0 Å². The van der Waals surface area contributed by atoms with E-state index in [4.69, 9.17) is 16.3 Å². The third-order valence-electron chi connectivity index (χ3n) is 4.97. The lowest BCUT2D eigenvalue weighted by atomic mass is 9.58. The molecule has 1 heterocycles. The van der Waals surface area contributed by atoms with Crippen molar-refractivity contribution in [2.45, 2.75) is 32.3 Å². The summed E-state index contributed by atoms with van der Waals surface area (Å²) in [6, 6.07) is 9.68. The maximum atomic E-state index is 12.1. The molecule has 0 radical (unpaired) electrons. The summed E-state index contributed by atoms with van der Waals surface area (Å²) in [7, 11) is 0. The number of halogens is 1. The fraction of sp³-hybridized carbons (Fsp3) is 0.529. The number of amides is 1. The number of likely N-dealkylation sites (tertiary alicyclic amines) is 1. The van der Waals surface area contributed by atoms with Crippen LogP contribution in [0.3, 0.4) is 0 Å². The molecule has 4 nitrogen and oxygen atoms in total. The van der Waals surface area contributed by atoms with Crippen LogP contribution in [0.4, 0.5) is 4.79 Å². The minimum Gasteiger partial charge on any atom is -0.445 e. The molecule has 1 saturated heterocycles. The van der Waals surface area contributed by atoms with Gasteiger partial charge in [0.1, 0.15) is 6.61 Å². The molecule has 1 aromatic carbocycles. The third kappa shape index (κ3) is 3.27. The van der Waals surface area contributed by atoms with Gasteiger partial charge in [0, 0.05) is 19.0 Å². The normalized spacial score (nSPS) is 20.5. The largest absolute Gasteiger partial charge is 0.445 e. The predicted molar refractivity (Wildman–Crippen MR) is 83.5 cm³/mol. The standard InChI is InChI=1S/C17H20ClNO3/c18-15(20)14-10-17(11-14)6-8-19(9-7-17)16(21)22-12-13-4-2-1-3-5-13/h1-5,14H,6-12H2. The lowest BCUT2D eigenvalue weighted by Gasteiger charge is -2.50. The van der Waals surface area contributed by atoms with E-state index >= 15 is 0 Å². The summed E-state index contributed by atoms with van der Waals surface area (Å²) < 4.78 is 5.36. The Bertz CT molecular complexity index is 544. The van der Waals surface area contributed by atoms with Gasteiger partial charge in [-0.2, -0.15) is 0 Å². The van der Waals surface area contributed by atoms with Crippen LogP contribution in [0.15, 0.2) is 30.3 Å². The summed E-state index contributed by atoms with van der Waals surface area (Å²) in [5, 5.41) is -0.213. The molecular formula is C17H20ClNO3. The smallest absolute Gasteiger partial charge is 0.410 e. The van der Waals surface area contributed by atoms with E-state index in [-0.39, 0.29) is 22.7 Å². The molecule has 0 atom stereocenters. The van der Waals surface area contributed by atoms with Gasteiger partial charge in [-0.25, -0.2) is 4.79 Å². The zero-order chi connectivity index (χ0) is 15.6. The average Bonchev–Trinajstić information content (AvgIpc) is 2.51. The fourth-order valence-corrected chi connectivity index (χ4v) is 3.68. The molecule has 1 aliphatic heterocycles. The lowest BCUT2D eigenvalue weighted by molar-refractivity contribution is -0.124. The molecule has 1 aliphatic carbocycles. The van der Waals surface area contributed by atoms with E-state index in [2.05, 4.69) is 0 Å². The first kappa shape index (κ1) is 15.3. The molecule has 5 heteroatoms. The van der Waals surface area contributed by atoms with E-state index in [1.54, 1.807) is 4.90 Å². The molecule has 1 aromatic rings. The van der Waals surface area contributed by atoms with Gasteiger partial charge < -0.3 is 9.64 Å². The van der Waals surface area contributed by atoms with Gasteiger partial charge in [-0.15, -0.1) is 0 Å². The molecule has 0 bridgehead atoms. The number of ether oxygens (including phenoxy) is 1. The predicted octanol–water partition coefficient (Wildman–Crippen LogP) is 3.58. The highest BCUT2D eigenvalue weighted by Crippen LogP contribution is 2.53. The van der Waals surface area contributed by atoms with Crippen LogP contribution in [0.5, 0.6) is 0 Å². The highest BCUT2D eigenvalue weighted by Gasteiger charge is 2.48. The van der Waals surface area contributed by atoms with Gasteiger partial charge in [0.2, 0.25) is 5.24 Å². The van der Waals surface area contributed by atoms with Crippen molar-refractivity contribution in [2.75, 3.05) is 13.1 Å². The quantitative estimate of drug-likeness (QED) is 0.799. The van der Waals surface area contributed by atoms with Crippen molar-refractivity contribution in [3.05, 3.63) is 35.9 Å². The number of nitrogens with zero attached hydrogens (tertiary/aromatic N) is 1. The molecule has 1 amide bonds. The van der Waals surface area contributed by atoms with Gasteiger partial charge >= 0.3 is 6.09 Å². The number of hydrogen-bond acceptors (Lipinski definition) is 3. The Morgan fingerprint density at radius 2 is 1.82 bits per heavy atom. The lowest BCUT2D eigenvalue weighted by Crippen LogP contribution is -2.49. The van der Waals surface area contributed by atoms with Crippen molar-refractivity contribution < 1.29 is 14.3 Å².